The van der Waals surface area contributed by atoms with Crippen LogP contribution in [0.1, 0.15) is 139 Å². The van der Waals surface area contributed by atoms with Crippen LogP contribution in [0.25, 0.3) is 0 Å². The zero-order chi connectivity index (χ0) is 33.6. The van der Waals surface area contributed by atoms with Gasteiger partial charge in [0.1, 0.15) is 0 Å². The van der Waals surface area contributed by atoms with Crippen molar-refractivity contribution in [2.75, 3.05) is 0 Å². The molecule has 42 heavy (non-hydrogen) atoms. The van der Waals surface area contributed by atoms with Gasteiger partial charge in [-0.25, -0.2) is 0 Å². The van der Waals surface area contributed by atoms with Crippen LogP contribution in [0, 0.1) is 47.3 Å². The summed E-state index contributed by atoms with van der Waals surface area (Å²) in [5.74, 6) is 0. The van der Waals surface area contributed by atoms with Crippen LogP contribution in [0.15, 0.2) is 0 Å². The summed E-state index contributed by atoms with van der Waals surface area (Å²) in [5, 5.41) is 25.0. The quantitative estimate of drug-likeness (QED) is 0.0846. The SMILES string of the molecule is CCC[CH2][Sn+]([CH2]C)[CH2]CCC.CCC[CH2][Sn+]([CH2]C)[CH2]CCC.CCC[CH2][Sn+]([CH2]C)[CH2]CCC.[C-]#N.[C-]#N.[C-]#N.[C-]#N.[Cu+]. The topological polar surface area (TPSA) is 95.2 Å². The Morgan fingerprint density at radius 1 is 0.310 bits per heavy atom. The normalized spacial score (nSPS) is 8.12. The summed E-state index contributed by atoms with van der Waals surface area (Å²) >= 11 is -2.33. The Morgan fingerprint density at radius 2 is 0.429 bits per heavy atom. The predicted molar refractivity (Wildman–Crippen MR) is 187 cm³/mol. The molecule has 0 aliphatic carbocycles. The molecule has 0 heterocycles. The van der Waals surface area contributed by atoms with Gasteiger partial charge in [-0.05, 0) is 0 Å². The Kier molecular flexibility index (Phi) is 108. The van der Waals surface area contributed by atoms with Gasteiger partial charge in [-0.15, -0.1) is 0 Å². The molecule has 0 aliphatic heterocycles. The van der Waals surface area contributed by atoms with E-state index < -0.39 is 59.3 Å². The summed E-state index contributed by atoms with van der Waals surface area (Å²) < 4.78 is 14.7. The standard InChI is InChI=1S/6C4H9.3C2H5.4CN.Cu.3Sn/c6*1-3-4-2;7*1-2;;;;/h6*1,3-4H2,2H3;3*1H2,2H3;;;;;;;;/q;;;;;;;;;4*-1;4*+1. The van der Waals surface area contributed by atoms with E-state index in [2.05, 4.69) is 62.3 Å². The summed E-state index contributed by atoms with van der Waals surface area (Å²) in [6.07, 6.45) is 17.6. The first-order valence-corrected chi connectivity index (χ1v) is 34.6. The first-order chi connectivity index (χ1) is 20.0. The van der Waals surface area contributed by atoms with Gasteiger partial charge in [0, 0.05) is 0 Å². The zero-order valence-corrected chi connectivity index (χ0v) is 38.9. The molecular weight excluding hydrogens is 884 g/mol. The summed E-state index contributed by atoms with van der Waals surface area (Å²) in [4.78, 5) is 0. The maximum absolute atomic E-state index is 6.25. The third-order valence-electron chi connectivity index (χ3n) is 6.80. The van der Waals surface area contributed by atoms with Gasteiger partial charge in [-0.1, -0.05) is 0 Å². The molecule has 4 nitrogen and oxygen atoms in total. The van der Waals surface area contributed by atoms with E-state index in [1.54, 1.807) is 39.9 Å². The average molecular weight is 954 g/mol. The molecule has 8 heteroatoms. The van der Waals surface area contributed by atoms with Crippen molar-refractivity contribution < 1.29 is 17.1 Å². The Bertz CT molecular complexity index is 379. The van der Waals surface area contributed by atoms with Crippen molar-refractivity contribution in [2.45, 2.75) is 179 Å². The monoisotopic (exact) mass is 956 g/mol. The van der Waals surface area contributed by atoms with Crippen LogP contribution in [0.2, 0.25) is 39.9 Å². The van der Waals surface area contributed by atoms with Crippen molar-refractivity contribution in [3.05, 3.63) is 26.3 Å². The number of nitrogens with zero attached hydrogens (tertiary/aromatic N) is 4. The summed E-state index contributed by atoms with van der Waals surface area (Å²) in [7, 11) is 0. The second-order valence-electron chi connectivity index (χ2n) is 9.93. The van der Waals surface area contributed by atoms with E-state index in [1.807, 2.05) is 0 Å². The van der Waals surface area contributed by atoms with Crippen LogP contribution in [-0.2, 0) is 17.1 Å². The minimum Gasteiger partial charge on any atom is -0.512 e. The fourth-order valence-corrected chi connectivity index (χ4v) is 26.8. The summed E-state index contributed by atoms with van der Waals surface area (Å²) in [5.41, 5.74) is 0. The van der Waals surface area contributed by atoms with E-state index in [0.717, 1.165) is 0 Å². The van der Waals surface area contributed by atoms with E-state index in [1.165, 1.54) is 77.0 Å². The van der Waals surface area contributed by atoms with E-state index >= 15 is 0 Å². The second kappa shape index (κ2) is 73.4. The number of hydrogen-bond donors (Lipinski definition) is 0. The molecule has 0 atom stereocenters. The maximum Gasteiger partial charge on any atom is 1.00 e. The van der Waals surface area contributed by atoms with Gasteiger partial charge >= 0.3 is 256 Å². The molecule has 0 saturated carbocycles. The molecule has 0 unspecified atom stereocenters. The number of rotatable bonds is 21. The van der Waals surface area contributed by atoms with E-state index in [9.17, 15) is 0 Å². The van der Waals surface area contributed by atoms with Crippen molar-refractivity contribution in [1.29, 1.82) is 21.0 Å². The molecule has 0 radical (unpaired) electrons. The molecule has 0 aliphatic rings. The van der Waals surface area contributed by atoms with Crippen molar-refractivity contribution in [2.24, 2.45) is 0 Å². The smallest absolute Gasteiger partial charge is 0.512 e. The minimum absolute atomic E-state index is 0. The largest absolute Gasteiger partial charge is 1.00 e. The molecule has 0 rings (SSSR count). The fourth-order valence-electron chi connectivity index (χ4n) is 4.00. The molecule has 248 valence electrons. The number of unbranched alkanes of at least 4 members (excludes halogenated alkanes) is 6. The molecule has 0 aromatic carbocycles. The Hall–Kier alpha value is 0.876. The van der Waals surface area contributed by atoms with Crippen LogP contribution in [0.4, 0.5) is 0 Å². The third-order valence-corrected chi connectivity index (χ3v) is 33.5. The van der Waals surface area contributed by atoms with Crippen LogP contribution in [0.3, 0.4) is 0 Å². The third kappa shape index (κ3) is 68.2. The van der Waals surface area contributed by atoms with E-state index in [-0.39, 0.29) is 17.1 Å². The molecule has 0 N–H and O–H groups in total. The summed E-state index contributed by atoms with van der Waals surface area (Å²) in [6, 6.07) is 0. The van der Waals surface area contributed by atoms with Crippen LogP contribution >= 0.6 is 0 Å². The Morgan fingerprint density at radius 3 is 0.500 bits per heavy atom. The van der Waals surface area contributed by atoms with Gasteiger partial charge < -0.3 is 47.3 Å². The van der Waals surface area contributed by atoms with Crippen molar-refractivity contribution in [3.8, 4) is 0 Å². The average Bonchev–Trinajstić information content (AvgIpc) is 3.06. The van der Waals surface area contributed by atoms with Gasteiger partial charge in [-0.2, -0.15) is 0 Å². The molecule has 0 amide bonds. The molecule has 0 aromatic rings. The Balaban J connectivity index is -0.0000000605. The molecule has 0 fully saturated rings. The fraction of sp³-hybridized carbons (Fsp3) is 0.882. The van der Waals surface area contributed by atoms with Crippen molar-refractivity contribution >= 4 is 59.3 Å². The van der Waals surface area contributed by atoms with Crippen LogP contribution in [-0.4, -0.2) is 59.3 Å². The summed E-state index contributed by atoms with van der Waals surface area (Å²) in [6.45, 7) is 40.1. The number of hydrogen-bond acceptors (Lipinski definition) is 4. The molecular formula is C34H69CuN4Sn3. The van der Waals surface area contributed by atoms with Crippen molar-refractivity contribution in [3.63, 3.8) is 0 Å². The molecule has 0 aromatic heterocycles. The van der Waals surface area contributed by atoms with Crippen molar-refractivity contribution in [1.82, 2.24) is 0 Å². The van der Waals surface area contributed by atoms with Gasteiger partial charge in [-0.3, -0.25) is 0 Å². The molecule has 0 spiro atoms. The first-order valence-electron chi connectivity index (χ1n) is 16.4. The van der Waals surface area contributed by atoms with Gasteiger partial charge in [0.15, 0.2) is 0 Å². The van der Waals surface area contributed by atoms with Gasteiger partial charge in [0.25, 0.3) is 0 Å². The van der Waals surface area contributed by atoms with E-state index in [0.29, 0.717) is 0 Å². The van der Waals surface area contributed by atoms with Crippen LogP contribution in [0.5, 0.6) is 0 Å². The first kappa shape index (κ1) is 61.8. The Labute approximate surface area is 299 Å². The minimum atomic E-state index is -0.777. The van der Waals surface area contributed by atoms with E-state index in [4.69, 9.17) is 47.3 Å². The van der Waals surface area contributed by atoms with Crippen LogP contribution < -0.4 is 0 Å². The predicted octanol–water partition coefficient (Wildman–Crippen LogP) is 12.7. The van der Waals surface area contributed by atoms with Gasteiger partial charge in [0.05, 0.1) is 0 Å². The zero-order valence-electron chi connectivity index (χ0n) is 29.4. The van der Waals surface area contributed by atoms with Gasteiger partial charge in [0.2, 0.25) is 0 Å². The molecule has 0 saturated heterocycles. The maximum atomic E-state index is 6.25. The molecule has 0 bridgehead atoms. The second-order valence-corrected chi connectivity index (χ2v) is 37.4.